The van der Waals surface area contributed by atoms with Crippen LogP contribution in [0, 0.1) is 0 Å². The molecule has 0 bridgehead atoms. The predicted molar refractivity (Wildman–Crippen MR) is 75.0 cm³/mol. The molecule has 0 aromatic carbocycles. The maximum Gasteiger partial charge on any atom is 0.152 e. The van der Waals surface area contributed by atoms with Crippen LogP contribution in [0.25, 0.3) is 0 Å². The zero-order valence-corrected chi connectivity index (χ0v) is 12.3. The number of aromatic nitrogens is 3. The van der Waals surface area contributed by atoms with Gasteiger partial charge in [-0.2, -0.15) is 0 Å². The summed E-state index contributed by atoms with van der Waals surface area (Å²) in [6.45, 7) is 3.64. The van der Waals surface area contributed by atoms with Crippen molar-refractivity contribution in [3.05, 3.63) is 11.9 Å². The fourth-order valence-corrected chi connectivity index (χ4v) is 3.56. The van der Waals surface area contributed by atoms with Crippen molar-refractivity contribution in [2.75, 3.05) is 31.1 Å². The molecule has 2 fully saturated rings. The Balaban J connectivity index is 1.41. The number of hydrogen-bond donors (Lipinski definition) is 1. The van der Waals surface area contributed by atoms with Crippen LogP contribution in [0.1, 0.15) is 18.5 Å². The molecule has 1 saturated heterocycles. The van der Waals surface area contributed by atoms with E-state index >= 15 is 0 Å². The van der Waals surface area contributed by atoms with Gasteiger partial charge in [0, 0.05) is 38.4 Å². The summed E-state index contributed by atoms with van der Waals surface area (Å²) in [7, 11) is -2.79. The number of nitrogens with one attached hydrogen (secondary N) is 1. The summed E-state index contributed by atoms with van der Waals surface area (Å²) >= 11 is 0. The molecule has 1 aromatic heterocycles. The lowest BCUT2D eigenvalue weighted by atomic mass is 10.4. The Morgan fingerprint density at radius 2 is 2.00 bits per heavy atom. The first-order chi connectivity index (χ1) is 9.61. The van der Waals surface area contributed by atoms with Gasteiger partial charge in [0.15, 0.2) is 9.84 Å². The van der Waals surface area contributed by atoms with Crippen LogP contribution in [0.5, 0.6) is 0 Å². The quantitative estimate of drug-likeness (QED) is 0.745. The van der Waals surface area contributed by atoms with Crippen LogP contribution in [-0.4, -0.2) is 65.5 Å². The lowest BCUT2D eigenvalue weighted by molar-refractivity contribution is 0.277. The summed E-state index contributed by atoms with van der Waals surface area (Å²) in [6.07, 6.45) is 4.51. The zero-order chi connectivity index (χ0) is 14.0. The summed E-state index contributed by atoms with van der Waals surface area (Å²) in [5.74, 6) is 0.557. The third kappa shape index (κ3) is 4.00. The first-order valence-electron chi connectivity index (χ1n) is 7.16. The van der Waals surface area contributed by atoms with Crippen LogP contribution < -0.4 is 5.32 Å². The van der Waals surface area contributed by atoms with E-state index < -0.39 is 9.84 Å². The highest BCUT2D eigenvalue weighted by atomic mass is 32.2. The average Bonchev–Trinajstić information content (AvgIpc) is 3.14. The van der Waals surface area contributed by atoms with Crippen molar-refractivity contribution >= 4 is 9.84 Å². The van der Waals surface area contributed by atoms with Gasteiger partial charge in [-0.1, -0.05) is 5.21 Å². The molecule has 0 amide bonds. The van der Waals surface area contributed by atoms with Gasteiger partial charge in [0.05, 0.1) is 23.7 Å². The van der Waals surface area contributed by atoms with Crippen molar-refractivity contribution in [2.24, 2.45) is 0 Å². The van der Waals surface area contributed by atoms with Gasteiger partial charge in [-0.25, -0.2) is 8.42 Å². The fraction of sp³-hybridized carbons (Fsp3) is 0.833. The molecule has 1 N–H and O–H groups in total. The summed E-state index contributed by atoms with van der Waals surface area (Å²) in [4.78, 5) is 2.17. The Labute approximate surface area is 119 Å². The monoisotopic (exact) mass is 299 g/mol. The Morgan fingerprint density at radius 3 is 2.70 bits per heavy atom. The Hall–Kier alpha value is -0.990. The number of nitrogens with zero attached hydrogens (tertiary/aromatic N) is 4. The Bertz CT molecular complexity index is 538. The summed E-state index contributed by atoms with van der Waals surface area (Å²) in [5.41, 5.74) is 0.970. The van der Waals surface area contributed by atoms with Crippen molar-refractivity contribution in [1.29, 1.82) is 0 Å². The third-order valence-electron chi connectivity index (χ3n) is 3.82. The highest BCUT2D eigenvalue weighted by molar-refractivity contribution is 7.91. The first kappa shape index (κ1) is 14.0. The third-order valence-corrected chi connectivity index (χ3v) is 5.43. The van der Waals surface area contributed by atoms with Crippen LogP contribution in [0.2, 0.25) is 0 Å². The minimum absolute atomic E-state index is 0.279. The van der Waals surface area contributed by atoms with Crippen molar-refractivity contribution in [3.63, 3.8) is 0 Å². The Kier molecular flexibility index (Phi) is 4.04. The molecule has 2 aliphatic rings. The first-order valence-corrected chi connectivity index (χ1v) is 8.98. The van der Waals surface area contributed by atoms with Gasteiger partial charge in [-0.05, 0) is 12.8 Å². The SMILES string of the molecule is O=S1(=O)CCN(CCn2cc(CNC3CC3)nn2)CC1. The molecule has 0 atom stereocenters. The van der Waals surface area contributed by atoms with E-state index in [0.29, 0.717) is 19.1 Å². The van der Waals surface area contributed by atoms with E-state index in [1.54, 1.807) is 0 Å². The van der Waals surface area contributed by atoms with Gasteiger partial charge in [0.25, 0.3) is 0 Å². The summed E-state index contributed by atoms with van der Waals surface area (Å²) < 4.78 is 24.5. The van der Waals surface area contributed by atoms with E-state index in [4.69, 9.17) is 0 Å². The number of hydrogen-bond acceptors (Lipinski definition) is 6. The standard InChI is InChI=1S/C12H21N5O2S/c18-20(19)7-5-16(6-8-20)3-4-17-10-12(14-15-17)9-13-11-1-2-11/h10-11,13H,1-9H2. The maximum atomic E-state index is 11.3. The van der Waals surface area contributed by atoms with E-state index in [1.165, 1.54) is 12.8 Å². The molecule has 2 heterocycles. The number of sulfone groups is 1. The zero-order valence-electron chi connectivity index (χ0n) is 11.5. The van der Waals surface area contributed by atoms with Gasteiger partial charge in [-0.3, -0.25) is 9.58 Å². The lowest BCUT2D eigenvalue weighted by Gasteiger charge is -2.26. The molecule has 1 aliphatic heterocycles. The minimum Gasteiger partial charge on any atom is -0.308 e. The predicted octanol–water partition coefficient (Wildman–Crippen LogP) is -0.739. The van der Waals surface area contributed by atoms with E-state index in [0.717, 1.165) is 25.3 Å². The van der Waals surface area contributed by atoms with Crippen molar-refractivity contribution in [1.82, 2.24) is 25.2 Å². The Morgan fingerprint density at radius 1 is 1.25 bits per heavy atom. The molecule has 7 nitrogen and oxygen atoms in total. The highest BCUT2D eigenvalue weighted by Crippen LogP contribution is 2.18. The molecular weight excluding hydrogens is 278 g/mol. The van der Waals surface area contributed by atoms with E-state index in [1.807, 2.05) is 10.9 Å². The van der Waals surface area contributed by atoms with Crippen LogP contribution in [0.4, 0.5) is 0 Å². The summed E-state index contributed by atoms with van der Waals surface area (Å²) in [6, 6.07) is 0.676. The van der Waals surface area contributed by atoms with Gasteiger partial charge in [0.2, 0.25) is 0 Å². The molecule has 0 radical (unpaired) electrons. The molecule has 20 heavy (non-hydrogen) atoms. The van der Waals surface area contributed by atoms with E-state index in [2.05, 4.69) is 20.5 Å². The highest BCUT2D eigenvalue weighted by Gasteiger charge is 2.22. The molecule has 1 aromatic rings. The molecule has 1 saturated carbocycles. The van der Waals surface area contributed by atoms with Crippen molar-refractivity contribution in [2.45, 2.75) is 32.0 Å². The van der Waals surface area contributed by atoms with Gasteiger partial charge < -0.3 is 5.32 Å². The second kappa shape index (κ2) is 5.79. The van der Waals surface area contributed by atoms with E-state index in [9.17, 15) is 8.42 Å². The van der Waals surface area contributed by atoms with Crippen molar-refractivity contribution in [3.8, 4) is 0 Å². The molecule has 0 unspecified atom stereocenters. The van der Waals surface area contributed by atoms with Crippen LogP contribution >= 0.6 is 0 Å². The second-order valence-corrected chi connectivity index (χ2v) is 7.93. The smallest absolute Gasteiger partial charge is 0.152 e. The summed E-state index contributed by atoms with van der Waals surface area (Å²) in [5, 5.41) is 11.7. The normalized spacial score (nSPS) is 23.0. The lowest BCUT2D eigenvalue weighted by Crippen LogP contribution is -2.41. The number of rotatable bonds is 6. The fourth-order valence-electron chi connectivity index (χ4n) is 2.28. The minimum atomic E-state index is -2.79. The molecule has 112 valence electrons. The molecule has 3 rings (SSSR count). The van der Waals surface area contributed by atoms with E-state index in [-0.39, 0.29) is 11.5 Å². The van der Waals surface area contributed by atoms with Crippen LogP contribution in [-0.2, 0) is 22.9 Å². The molecular formula is C12H21N5O2S. The molecule has 1 aliphatic carbocycles. The largest absolute Gasteiger partial charge is 0.308 e. The van der Waals surface area contributed by atoms with Crippen LogP contribution in [0.15, 0.2) is 6.20 Å². The molecule has 0 spiro atoms. The molecule has 8 heteroatoms. The van der Waals surface area contributed by atoms with Gasteiger partial charge in [0.1, 0.15) is 0 Å². The topological polar surface area (TPSA) is 80.1 Å². The van der Waals surface area contributed by atoms with Gasteiger partial charge >= 0.3 is 0 Å². The van der Waals surface area contributed by atoms with Crippen LogP contribution in [0.3, 0.4) is 0 Å². The van der Waals surface area contributed by atoms with Gasteiger partial charge in [-0.15, -0.1) is 5.10 Å². The maximum absolute atomic E-state index is 11.3. The average molecular weight is 299 g/mol. The van der Waals surface area contributed by atoms with Crippen molar-refractivity contribution < 1.29 is 8.42 Å². The second-order valence-electron chi connectivity index (χ2n) is 5.62.